The molecule has 1 aromatic heterocycles. The van der Waals surface area contributed by atoms with E-state index in [2.05, 4.69) is 72.1 Å². The zero-order valence-electron chi connectivity index (χ0n) is 19.8. The summed E-state index contributed by atoms with van der Waals surface area (Å²) in [4.78, 5) is 20.5. The number of rotatable bonds is 8. The minimum atomic E-state index is -0.0596. The van der Waals surface area contributed by atoms with Crippen molar-refractivity contribution in [2.24, 2.45) is 0 Å². The van der Waals surface area contributed by atoms with Gasteiger partial charge in [-0.1, -0.05) is 37.6 Å². The standard InChI is InChI=1S/C26H34N4OS/c1-6-29(7-2)11-12-30(26(32)27-23-10-8-9-18(3)15-23)17-22-16-21-14-19(4)13-20(5)24(21)28-25(22)31/h8-10,13-16H,6-7,11-12,17H2,1-5H3,(H,27,32)(H,28,31). The fourth-order valence-electron chi connectivity index (χ4n) is 4.03. The van der Waals surface area contributed by atoms with Gasteiger partial charge in [0, 0.05) is 24.3 Å². The van der Waals surface area contributed by atoms with Gasteiger partial charge < -0.3 is 20.1 Å². The third kappa shape index (κ3) is 5.96. The predicted octanol–water partition coefficient (Wildman–Crippen LogP) is 4.99. The van der Waals surface area contributed by atoms with E-state index in [-0.39, 0.29) is 5.56 Å². The maximum Gasteiger partial charge on any atom is 0.253 e. The number of hydrogen-bond donors (Lipinski definition) is 2. The maximum atomic E-state index is 12.9. The average Bonchev–Trinajstić information content (AvgIpc) is 2.74. The Kier molecular flexibility index (Phi) is 8.04. The summed E-state index contributed by atoms with van der Waals surface area (Å²) >= 11 is 5.79. The number of H-pyrrole nitrogens is 1. The van der Waals surface area contributed by atoms with Gasteiger partial charge in [0.15, 0.2) is 5.11 Å². The molecule has 0 atom stereocenters. The van der Waals surface area contributed by atoms with Crippen LogP contribution in [0.5, 0.6) is 0 Å². The van der Waals surface area contributed by atoms with Crippen molar-refractivity contribution < 1.29 is 0 Å². The monoisotopic (exact) mass is 450 g/mol. The van der Waals surface area contributed by atoms with E-state index in [1.165, 1.54) is 11.1 Å². The van der Waals surface area contributed by atoms with Crippen LogP contribution in [0.1, 0.15) is 36.1 Å². The van der Waals surface area contributed by atoms with Crippen molar-refractivity contribution in [3.8, 4) is 0 Å². The van der Waals surface area contributed by atoms with Crippen LogP contribution in [0, 0.1) is 20.8 Å². The number of fused-ring (bicyclic) bond motifs is 1. The maximum absolute atomic E-state index is 12.9. The van der Waals surface area contributed by atoms with E-state index in [1.807, 2.05) is 25.1 Å². The molecule has 1 heterocycles. The Morgan fingerprint density at radius 2 is 1.75 bits per heavy atom. The SMILES string of the molecule is CCN(CC)CCN(Cc1cc2cc(C)cc(C)c2[nH]c1=O)C(=S)Nc1cccc(C)c1. The molecule has 0 aliphatic heterocycles. The van der Waals surface area contributed by atoms with Crippen LogP contribution >= 0.6 is 12.2 Å². The molecule has 2 N–H and O–H groups in total. The number of aromatic amines is 1. The van der Waals surface area contributed by atoms with Gasteiger partial charge in [0.2, 0.25) is 0 Å². The molecule has 0 amide bonds. The van der Waals surface area contributed by atoms with Crippen molar-refractivity contribution in [1.82, 2.24) is 14.8 Å². The van der Waals surface area contributed by atoms with Gasteiger partial charge in [-0.25, -0.2) is 0 Å². The van der Waals surface area contributed by atoms with Gasteiger partial charge >= 0.3 is 0 Å². The third-order valence-corrected chi connectivity index (χ3v) is 6.23. The highest BCUT2D eigenvalue weighted by Crippen LogP contribution is 2.19. The quantitative estimate of drug-likeness (QED) is 0.473. The van der Waals surface area contributed by atoms with E-state index < -0.39 is 0 Å². The molecule has 2 aromatic carbocycles. The lowest BCUT2D eigenvalue weighted by Crippen LogP contribution is -2.41. The van der Waals surface area contributed by atoms with E-state index in [0.29, 0.717) is 11.7 Å². The van der Waals surface area contributed by atoms with E-state index in [1.54, 1.807) is 0 Å². The van der Waals surface area contributed by atoms with Gasteiger partial charge in [0.25, 0.3) is 5.56 Å². The summed E-state index contributed by atoms with van der Waals surface area (Å²) in [5.74, 6) is 0. The van der Waals surface area contributed by atoms with E-state index in [4.69, 9.17) is 12.2 Å². The molecule has 0 saturated carbocycles. The first kappa shape index (κ1) is 24.0. The summed E-state index contributed by atoms with van der Waals surface area (Å²) in [6.45, 7) is 14.5. The van der Waals surface area contributed by atoms with E-state index in [0.717, 1.165) is 53.9 Å². The van der Waals surface area contributed by atoms with Gasteiger partial charge in [-0.3, -0.25) is 4.79 Å². The van der Waals surface area contributed by atoms with Crippen molar-refractivity contribution in [1.29, 1.82) is 0 Å². The first-order chi connectivity index (χ1) is 15.3. The van der Waals surface area contributed by atoms with Crippen LogP contribution in [0.2, 0.25) is 0 Å². The normalized spacial score (nSPS) is 11.2. The first-order valence-corrected chi connectivity index (χ1v) is 11.7. The molecule has 0 aliphatic carbocycles. The van der Waals surface area contributed by atoms with Gasteiger partial charge in [-0.15, -0.1) is 0 Å². The first-order valence-electron chi connectivity index (χ1n) is 11.3. The second-order valence-corrected chi connectivity index (χ2v) is 8.80. The molecule has 0 fully saturated rings. The summed E-state index contributed by atoms with van der Waals surface area (Å²) in [5, 5.41) is 5.05. The van der Waals surface area contributed by atoms with Crippen LogP contribution in [0.25, 0.3) is 10.9 Å². The number of nitrogens with zero attached hydrogens (tertiary/aromatic N) is 2. The molecule has 0 radical (unpaired) electrons. The van der Waals surface area contributed by atoms with Crippen molar-refractivity contribution in [2.45, 2.75) is 41.2 Å². The number of hydrogen-bond acceptors (Lipinski definition) is 3. The van der Waals surface area contributed by atoms with Crippen molar-refractivity contribution in [3.63, 3.8) is 0 Å². The Morgan fingerprint density at radius 3 is 2.44 bits per heavy atom. The molecule has 6 heteroatoms. The lowest BCUT2D eigenvalue weighted by atomic mass is 10.1. The van der Waals surface area contributed by atoms with Gasteiger partial charge in [-0.2, -0.15) is 0 Å². The highest BCUT2D eigenvalue weighted by molar-refractivity contribution is 7.80. The molecule has 170 valence electrons. The van der Waals surface area contributed by atoms with Crippen LogP contribution in [0.3, 0.4) is 0 Å². The number of pyridine rings is 1. The molecular formula is C26H34N4OS. The Labute approximate surface area is 196 Å². The Bertz CT molecular complexity index is 1150. The lowest BCUT2D eigenvalue weighted by molar-refractivity contribution is 0.266. The minimum absolute atomic E-state index is 0.0596. The van der Waals surface area contributed by atoms with E-state index >= 15 is 0 Å². The largest absolute Gasteiger partial charge is 0.343 e. The van der Waals surface area contributed by atoms with Crippen LogP contribution in [-0.4, -0.2) is 46.1 Å². The van der Waals surface area contributed by atoms with Gasteiger partial charge in [-0.05, 0) is 86.9 Å². The number of likely N-dealkylation sites (N-methyl/N-ethyl adjacent to an activating group) is 1. The summed E-state index contributed by atoms with van der Waals surface area (Å²) in [7, 11) is 0. The van der Waals surface area contributed by atoms with E-state index in [9.17, 15) is 4.79 Å². The minimum Gasteiger partial charge on any atom is -0.343 e. The molecule has 5 nitrogen and oxygen atoms in total. The predicted molar refractivity (Wildman–Crippen MR) is 140 cm³/mol. The average molecular weight is 451 g/mol. The molecule has 3 rings (SSSR count). The Hall–Kier alpha value is -2.70. The summed E-state index contributed by atoms with van der Waals surface area (Å²) in [6.07, 6.45) is 0. The van der Waals surface area contributed by atoms with Crippen LogP contribution < -0.4 is 10.9 Å². The number of nitrogens with one attached hydrogen (secondary N) is 2. The number of anilines is 1. The topological polar surface area (TPSA) is 51.4 Å². The molecule has 0 aliphatic rings. The lowest BCUT2D eigenvalue weighted by Gasteiger charge is -2.29. The number of aromatic nitrogens is 1. The van der Waals surface area contributed by atoms with Crippen LogP contribution in [0.15, 0.2) is 47.3 Å². The molecular weight excluding hydrogens is 416 g/mol. The second-order valence-electron chi connectivity index (χ2n) is 8.42. The second kappa shape index (κ2) is 10.7. The smallest absolute Gasteiger partial charge is 0.253 e. The molecule has 0 bridgehead atoms. The zero-order chi connectivity index (χ0) is 23.3. The van der Waals surface area contributed by atoms with Gasteiger partial charge in [0.05, 0.1) is 12.1 Å². The fourth-order valence-corrected chi connectivity index (χ4v) is 4.31. The number of benzene rings is 2. The molecule has 3 aromatic rings. The summed E-state index contributed by atoms with van der Waals surface area (Å²) in [5.41, 5.74) is 5.96. The number of aryl methyl sites for hydroxylation is 3. The van der Waals surface area contributed by atoms with Crippen molar-refractivity contribution in [3.05, 3.63) is 75.1 Å². The molecule has 0 saturated heterocycles. The van der Waals surface area contributed by atoms with Gasteiger partial charge in [0.1, 0.15) is 0 Å². The van der Waals surface area contributed by atoms with Crippen LogP contribution in [-0.2, 0) is 6.54 Å². The summed E-state index contributed by atoms with van der Waals surface area (Å²) < 4.78 is 0. The van der Waals surface area contributed by atoms with Crippen molar-refractivity contribution >= 4 is 33.9 Å². The highest BCUT2D eigenvalue weighted by Gasteiger charge is 2.15. The molecule has 0 unspecified atom stereocenters. The molecule has 0 spiro atoms. The molecule has 32 heavy (non-hydrogen) atoms. The number of thiocarbonyl (C=S) groups is 1. The van der Waals surface area contributed by atoms with Crippen molar-refractivity contribution in [2.75, 3.05) is 31.5 Å². The van der Waals surface area contributed by atoms with Crippen LogP contribution in [0.4, 0.5) is 5.69 Å². The Morgan fingerprint density at radius 1 is 1.00 bits per heavy atom. The highest BCUT2D eigenvalue weighted by atomic mass is 32.1. The third-order valence-electron chi connectivity index (χ3n) is 5.87. The summed E-state index contributed by atoms with van der Waals surface area (Å²) in [6, 6.07) is 14.4. The zero-order valence-corrected chi connectivity index (χ0v) is 20.6. The Balaban J connectivity index is 1.89. The fraction of sp³-hybridized carbons (Fsp3) is 0.385.